The van der Waals surface area contributed by atoms with Crippen LogP contribution in [0.2, 0.25) is 5.02 Å². The van der Waals surface area contributed by atoms with Gasteiger partial charge in [-0.2, -0.15) is 0 Å². The zero-order valence-corrected chi connectivity index (χ0v) is 14.7. The number of hydrogen-bond acceptors (Lipinski definition) is 3. The zero-order valence-electron chi connectivity index (χ0n) is 13.9. The molecule has 0 aliphatic heterocycles. The molecule has 134 valence electrons. The molecule has 1 aromatic rings. The average molecular weight is 369 g/mol. The lowest BCUT2D eigenvalue weighted by Crippen LogP contribution is -2.28. The number of ether oxygens (including phenoxy) is 1. The first kappa shape index (κ1) is 19.0. The minimum Gasteiger partial charge on any atom is -0.495 e. The van der Waals surface area contributed by atoms with Crippen LogP contribution in [-0.4, -0.2) is 28.3 Å². The van der Waals surface area contributed by atoms with Gasteiger partial charge in [0.05, 0.1) is 23.5 Å². The largest absolute Gasteiger partial charge is 0.495 e. The van der Waals surface area contributed by atoms with Crippen molar-refractivity contribution in [2.24, 2.45) is 5.92 Å². The average Bonchev–Trinajstić information content (AvgIpc) is 2.48. The van der Waals surface area contributed by atoms with Crippen LogP contribution in [0.5, 0.6) is 0 Å². The van der Waals surface area contributed by atoms with Crippen LogP contribution in [0.15, 0.2) is 41.2 Å². The highest BCUT2D eigenvalue weighted by Crippen LogP contribution is 2.44. The van der Waals surface area contributed by atoms with E-state index in [-0.39, 0.29) is 33.6 Å². The Balaban J connectivity index is 2.76. The van der Waals surface area contributed by atoms with Crippen molar-refractivity contribution in [1.82, 2.24) is 0 Å². The van der Waals surface area contributed by atoms with Crippen molar-refractivity contribution in [2.45, 2.75) is 32.8 Å². The lowest BCUT2D eigenvalue weighted by atomic mass is 9.77. The van der Waals surface area contributed by atoms with Crippen LogP contribution in [-0.2, 0) is 14.3 Å². The van der Waals surface area contributed by atoms with E-state index in [2.05, 4.69) is 0 Å². The number of carboxylic acids is 2. The Morgan fingerprint density at radius 2 is 1.92 bits per heavy atom. The highest BCUT2D eigenvalue weighted by Gasteiger charge is 2.40. The molecule has 1 aliphatic carbocycles. The van der Waals surface area contributed by atoms with Crippen molar-refractivity contribution in [1.29, 1.82) is 0 Å². The monoisotopic (exact) mass is 368 g/mol. The Bertz CT molecular complexity index is 761. The van der Waals surface area contributed by atoms with Gasteiger partial charge in [0, 0.05) is 10.6 Å². The van der Waals surface area contributed by atoms with Gasteiger partial charge in [0.2, 0.25) is 0 Å². The minimum absolute atomic E-state index is 0.0448. The maximum atomic E-state index is 14.5. The third kappa shape index (κ3) is 3.69. The molecular weight excluding hydrogens is 351 g/mol. The van der Waals surface area contributed by atoms with E-state index in [9.17, 15) is 24.2 Å². The van der Waals surface area contributed by atoms with E-state index >= 15 is 0 Å². The van der Waals surface area contributed by atoms with E-state index in [0.29, 0.717) is 0 Å². The van der Waals surface area contributed by atoms with E-state index in [1.54, 1.807) is 13.8 Å². The molecule has 5 nitrogen and oxygen atoms in total. The van der Waals surface area contributed by atoms with Crippen LogP contribution in [0.4, 0.5) is 4.39 Å². The zero-order chi connectivity index (χ0) is 18.9. The predicted octanol–water partition coefficient (Wildman–Crippen LogP) is 3.99. The van der Waals surface area contributed by atoms with Gasteiger partial charge in [-0.3, -0.25) is 4.79 Å². The third-order valence-corrected chi connectivity index (χ3v) is 4.28. The summed E-state index contributed by atoms with van der Waals surface area (Å²) < 4.78 is 20.1. The summed E-state index contributed by atoms with van der Waals surface area (Å²) in [7, 11) is 0. The summed E-state index contributed by atoms with van der Waals surface area (Å²) in [5, 5.41) is 19.1. The fraction of sp³-hybridized carbons (Fsp3) is 0.333. The fourth-order valence-corrected chi connectivity index (χ4v) is 3.20. The molecule has 0 saturated heterocycles. The summed E-state index contributed by atoms with van der Waals surface area (Å²) in [6, 6.07) is 4.03. The third-order valence-electron chi connectivity index (χ3n) is 3.95. The van der Waals surface area contributed by atoms with Crippen molar-refractivity contribution >= 4 is 23.5 Å². The second-order valence-corrected chi connectivity index (χ2v) is 6.43. The van der Waals surface area contributed by atoms with Crippen LogP contribution < -0.4 is 0 Å². The molecule has 0 spiro atoms. The van der Waals surface area contributed by atoms with Crippen LogP contribution in [0.1, 0.15) is 32.3 Å². The lowest BCUT2D eigenvalue weighted by Gasteiger charge is -2.31. The van der Waals surface area contributed by atoms with E-state index in [1.165, 1.54) is 31.2 Å². The summed E-state index contributed by atoms with van der Waals surface area (Å²) >= 11 is 6.13. The molecular formula is C18H18ClFO5. The van der Waals surface area contributed by atoms with E-state index in [1.807, 2.05) is 0 Å². The van der Waals surface area contributed by atoms with Crippen molar-refractivity contribution in [3.63, 3.8) is 0 Å². The van der Waals surface area contributed by atoms with Gasteiger partial charge in [-0.05, 0) is 44.6 Å². The lowest BCUT2D eigenvalue weighted by molar-refractivity contribution is -0.139. The Labute approximate surface area is 149 Å². The number of benzene rings is 1. The SMILES string of the molecule is CC1=C(C(=O)O)C(c2c(F)cccc2Cl)C(OC(C)C)=CC1C(=O)O. The maximum absolute atomic E-state index is 14.5. The molecule has 0 fully saturated rings. The fourth-order valence-electron chi connectivity index (χ4n) is 2.92. The molecule has 2 N–H and O–H groups in total. The summed E-state index contributed by atoms with van der Waals surface area (Å²) in [6.07, 6.45) is 0.958. The summed E-state index contributed by atoms with van der Waals surface area (Å²) in [5.74, 6) is -5.45. The van der Waals surface area contributed by atoms with Gasteiger partial charge in [0.15, 0.2) is 0 Å². The highest BCUT2D eigenvalue weighted by atomic mass is 35.5. The number of allylic oxidation sites excluding steroid dienone is 1. The second-order valence-electron chi connectivity index (χ2n) is 6.02. The summed E-state index contributed by atoms with van der Waals surface area (Å²) in [5.41, 5.74) is -0.172. The first-order valence-corrected chi connectivity index (χ1v) is 8.02. The maximum Gasteiger partial charge on any atom is 0.332 e. The molecule has 0 heterocycles. The Morgan fingerprint density at radius 1 is 1.28 bits per heavy atom. The van der Waals surface area contributed by atoms with Gasteiger partial charge >= 0.3 is 11.9 Å². The standard InChI is InChI=1S/C18H18ClFO5/c1-8(2)25-13-7-10(17(21)22)9(3)14(18(23)24)16(13)15-11(19)5-4-6-12(15)20/h4-8,10,16H,1-3H3,(H,21,22)(H,23,24). The Hall–Kier alpha value is -2.34. The van der Waals surface area contributed by atoms with Gasteiger partial charge in [-0.25, -0.2) is 9.18 Å². The van der Waals surface area contributed by atoms with Crippen LogP contribution >= 0.6 is 11.6 Å². The van der Waals surface area contributed by atoms with E-state index in [4.69, 9.17) is 16.3 Å². The van der Waals surface area contributed by atoms with Crippen molar-refractivity contribution < 1.29 is 28.9 Å². The van der Waals surface area contributed by atoms with Gasteiger partial charge in [-0.15, -0.1) is 0 Å². The number of carbonyl (C=O) groups is 2. The van der Waals surface area contributed by atoms with Gasteiger partial charge < -0.3 is 14.9 Å². The molecule has 0 amide bonds. The summed E-state index contributed by atoms with van der Waals surface area (Å²) in [4.78, 5) is 23.4. The van der Waals surface area contributed by atoms with E-state index in [0.717, 1.165) is 0 Å². The molecule has 0 bridgehead atoms. The number of carboxylic acid groups (broad SMARTS) is 2. The molecule has 7 heteroatoms. The van der Waals surface area contributed by atoms with Crippen molar-refractivity contribution in [3.05, 3.63) is 57.6 Å². The minimum atomic E-state index is -1.34. The first-order valence-electron chi connectivity index (χ1n) is 7.64. The number of rotatable bonds is 5. The first-order chi connectivity index (χ1) is 11.6. The Morgan fingerprint density at radius 3 is 2.40 bits per heavy atom. The molecule has 1 aliphatic rings. The molecule has 0 saturated carbocycles. The molecule has 1 aromatic carbocycles. The van der Waals surface area contributed by atoms with Crippen LogP contribution in [0.3, 0.4) is 0 Å². The number of hydrogen-bond donors (Lipinski definition) is 2. The number of halogens is 2. The van der Waals surface area contributed by atoms with Gasteiger partial charge in [0.25, 0.3) is 0 Å². The molecule has 2 rings (SSSR count). The van der Waals surface area contributed by atoms with Crippen molar-refractivity contribution in [2.75, 3.05) is 0 Å². The van der Waals surface area contributed by atoms with Crippen molar-refractivity contribution in [3.8, 4) is 0 Å². The second kappa shape index (κ2) is 7.27. The quantitative estimate of drug-likeness (QED) is 0.821. The molecule has 2 unspecified atom stereocenters. The summed E-state index contributed by atoms with van der Waals surface area (Å²) in [6.45, 7) is 4.83. The van der Waals surface area contributed by atoms with E-state index < -0.39 is 29.6 Å². The molecule has 0 aromatic heterocycles. The predicted molar refractivity (Wildman–Crippen MR) is 89.9 cm³/mol. The number of aliphatic carboxylic acids is 2. The smallest absolute Gasteiger partial charge is 0.332 e. The Kier molecular flexibility index (Phi) is 5.52. The molecule has 25 heavy (non-hydrogen) atoms. The van der Waals surface area contributed by atoms with Crippen LogP contribution in [0, 0.1) is 11.7 Å². The molecule has 2 atom stereocenters. The van der Waals surface area contributed by atoms with Gasteiger partial charge in [0.1, 0.15) is 11.6 Å². The van der Waals surface area contributed by atoms with Crippen LogP contribution in [0.25, 0.3) is 0 Å². The molecule has 0 radical (unpaired) electrons. The van der Waals surface area contributed by atoms with Gasteiger partial charge in [-0.1, -0.05) is 17.7 Å². The topological polar surface area (TPSA) is 83.8 Å². The normalized spacial score (nSPS) is 20.5. The highest BCUT2D eigenvalue weighted by molar-refractivity contribution is 6.31.